The minimum absolute atomic E-state index is 0.123. The lowest BCUT2D eigenvalue weighted by Crippen LogP contribution is -2.38. The van der Waals surface area contributed by atoms with Crippen molar-refractivity contribution in [3.8, 4) is 0 Å². The predicted octanol–water partition coefficient (Wildman–Crippen LogP) is 0.766. The quantitative estimate of drug-likeness (QED) is 0.809. The van der Waals surface area contributed by atoms with Crippen LogP contribution in [0.15, 0.2) is 24.3 Å². The molecule has 7 heteroatoms. The van der Waals surface area contributed by atoms with Crippen LogP contribution in [0.25, 0.3) is 0 Å². The van der Waals surface area contributed by atoms with Gasteiger partial charge < -0.3 is 4.90 Å². The van der Waals surface area contributed by atoms with Gasteiger partial charge in [-0.15, -0.1) is 0 Å². The van der Waals surface area contributed by atoms with Crippen LogP contribution in [-0.4, -0.2) is 45.1 Å². The molecule has 1 N–H and O–H groups in total. The van der Waals surface area contributed by atoms with Gasteiger partial charge in [-0.05, 0) is 24.1 Å². The van der Waals surface area contributed by atoms with Crippen molar-refractivity contribution in [3.63, 3.8) is 0 Å². The summed E-state index contributed by atoms with van der Waals surface area (Å²) in [5, 5.41) is 0. The molecule has 0 aliphatic rings. The fourth-order valence-electron chi connectivity index (χ4n) is 1.71. The molecule has 0 unspecified atom stereocenters. The highest BCUT2D eigenvalue weighted by molar-refractivity contribution is 7.88. The number of nitrogens with zero attached hydrogens (tertiary/aromatic N) is 1. The van der Waals surface area contributed by atoms with Gasteiger partial charge >= 0.3 is 0 Å². The second-order valence-corrected chi connectivity index (χ2v) is 6.38. The molecule has 0 radical (unpaired) electrons. The Morgan fingerprint density at radius 3 is 2.35 bits per heavy atom. The van der Waals surface area contributed by atoms with Gasteiger partial charge in [0.2, 0.25) is 15.9 Å². The molecule has 0 bridgehead atoms. The lowest BCUT2D eigenvalue weighted by Gasteiger charge is -2.21. The second-order valence-electron chi connectivity index (χ2n) is 4.55. The topological polar surface area (TPSA) is 66.5 Å². The molecular weight excluding hydrogens is 283 g/mol. The van der Waals surface area contributed by atoms with Crippen molar-refractivity contribution < 1.29 is 17.6 Å². The maximum atomic E-state index is 12.8. The molecule has 1 aromatic carbocycles. The maximum Gasteiger partial charge on any atom is 0.219 e. The van der Waals surface area contributed by atoms with E-state index in [-0.39, 0.29) is 18.3 Å². The van der Waals surface area contributed by atoms with Gasteiger partial charge in [0.15, 0.2) is 0 Å². The largest absolute Gasteiger partial charge is 0.341 e. The summed E-state index contributed by atoms with van der Waals surface area (Å²) in [5.74, 6) is -0.420. The molecule has 0 fully saturated rings. The molecule has 0 saturated heterocycles. The standard InChI is InChI=1S/C13H19FN2O3S/c1-11(17)16(10-8-15-20(2,18)19)9-7-12-3-5-13(14)6-4-12/h3-6,15H,7-10H2,1-2H3. The lowest BCUT2D eigenvalue weighted by molar-refractivity contribution is -0.128. The van der Waals surface area contributed by atoms with E-state index in [0.29, 0.717) is 19.5 Å². The Bertz CT molecular complexity index is 543. The van der Waals surface area contributed by atoms with Gasteiger partial charge in [-0.2, -0.15) is 0 Å². The zero-order chi connectivity index (χ0) is 15.2. The Morgan fingerprint density at radius 2 is 1.85 bits per heavy atom. The normalized spacial score (nSPS) is 11.3. The highest BCUT2D eigenvalue weighted by Crippen LogP contribution is 2.04. The van der Waals surface area contributed by atoms with Crippen LogP contribution in [-0.2, 0) is 21.2 Å². The van der Waals surface area contributed by atoms with Gasteiger partial charge in [0.05, 0.1) is 6.26 Å². The first kappa shape index (κ1) is 16.6. The molecule has 5 nitrogen and oxygen atoms in total. The average Bonchev–Trinajstić information content (AvgIpc) is 2.33. The van der Waals surface area contributed by atoms with Crippen LogP contribution in [0.3, 0.4) is 0 Å². The maximum absolute atomic E-state index is 12.8. The van der Waals surface area contributed by atoms with Gasteiger partial charge in [-0.3, -0.25) is 4.79 Å². The van der Waals surface area contributed by atoms with Crippen LogP contribution in [0.5, 0.6) is 0 Å². The van der Waals surface area contributed by atoms with E-state index in [1.807, 2.05) is 0 Å². The number of hydrogen-bond acceptors (Lipinski definition) is 3. The molecule has 0 spiro atoms. The molecular formula is C13H19FN2O3S. The number of hydrogen-bond donors (Lipinski definition) is 1. The third-order valence-corrected chi connectivity index (χ3v) is 3.50. The van der Waals surface area contributed by atoms with Crippen molar-refractivity contribution in [2.45, 2.75) is 13.3 Å². The third kappa shape index (κ3) is 6.63. The van der Waals surface area contributed by atoms with Crippen LogP contribution < -0.4 is 4.72 Å². The number of nitrogens with one attached hydrogen (secondary N) is 1. The molecule has 0 aromatic heterocycles. The SMILES string of the molecule is CC(=O)N(CCNS(C)(=O)=O)CCc1ccc(F)cc1. The van der Waals surface area contributed by atoms with Gasteiger partial charge in [0.1, 0.15) is 5.82 Å². The Hall–Kier alpha value is -1.47. The Labute approximate surface area is 118 Å². The molecule has 0 aliphatic heterocycles. The predicted molar refractivity (Wildman–Crippen MR) is 75.2 cm³/mol. The Morgan fingerprint density at radius 1 is 1.25 bits per heavy atom. The number of amides is 1. The minimum atomic E-state index is -3.25. The summed E-state index contributed by atoms with van der Waals surface area (Å²) < 4.78 is 37.0. The first-order chi connectivity index (χ1) is 9.28. The van der Waals surface area contributed by atoms with E-state index >= 15 is 0 Å². The molecule has 1 rings (SSSR count). The van der Waals surface area contributed by atoms with Gasteiger partial charge in [-0.1, -0.05) is 12.1 Å². The van der Waals surface area contributed by atoms with E-state index in [4.69, 9.17) is 0 Å². The van der Waals surface area contributed by atoms with Gasteiger partial charge in [0, 0.05) is 26.6 Å². The summed E-state index contributed by atoms with van der Waals surface area (Å²) in [4.78, 5) is 13.0. The molecule has 0 saturated carbocycles. The zero-order valence-electron chi connectivity index (χ0n) is 11.6. The first-order valence-corrected chi connectivity index (χ1v) is 8.11. The van der Waals surface area contributed by atoms with Crippen molar-refractivity contribution in [1.82, 2.24) is 9.62 Å². The molecule has 0 heterocycles. The monoisotopic (exact) mass is 302 g/mol. The molecule has 0 aliphatic carbocycles. The van der Waals surface area contributed by atoms with Crippen LogP contribution in [0.4, 0.5) is 4.39 Å². The van der Waals surface area contributed by atoms with Crippen molar-refractivity contribution >= 4 is 15.9 Å². The van der Waals surface area contributed by atoms with E-state index in [9.17, 15) is 17.6 Å². The number of carbonyl (C=O) groups excluding carboxylic acids is 1. The third-order valence-electron chi connectivity index (χ3n) is 2.77. The van der Waals surface area contributed by atoms with Gasteiger partial charge in [0.25, 0.3) is 0 Å². The summed E-state index contributed by atoms with van der Waals surface area (Å²) in [6.45, 7) is 2.39. The minimum Gasteiger partial charge on any atom is -0.341 e. The molecule has 1 amide bonds. The number of sulfonamides is 1. The fraction of sp³-hybridized carbons (Fsp3) is 0.462. The summed E-state index contributed by atoms with van der Waals surface area (Å²) in [6, 6.07) is 6.09. The summed E-state index contributed by atoms with van der Waals surface area (Å²) in [7, 11) is -3.25. The zero-order valence-corrected chi connectivity index (χ0v) is 12.4. The van der Waals surface area contributed by atoms with Crippen LogP contribution >= 0.6 is 0 Å². The molecule has 20 heavy (non-hydrogen) atoms. The van der Waals surface area contributed by atoms with Crippen LogP contribution in [0.2, 0.25) is 0 Å². The first-order valence-electron chi connectivity index (χ1n) is 6.22. The van der Waals surface area contributed by atoms with E-state index in [1.165, 1.54) is 19.1 Å². The van der Waals surface area contributed by atoms with E-state index in [1.54, 1.807) is 17.0 Å². The summed E-state index contributed by atoms with van der Waals surface area (Å²) in [6.07, 6.45) is 1.67. The fourth-order valence-corrected chi connectivity index (χ4v) is 2.17. The molecule has 112 valence electrons. The number of rotatable bonds is 7. The lowest BCUT2D eigenvalue weighted by atomic mass is 10.1. The Kier molecular flexibility index (Phi) is 6.09. The summed E-state index contributed by atoms with van der Waals surface area (Å²) in [5.41, 5.74) is 0.925. The molecule has 0 atom stereocenters. The number of halogens is 1. The summed E-state index contributed by atoms with van der Waals surface area (Å²) >= 11 is 0. The highest BCUT2D eigenvalue weighted by atomic mass is 32.2. The van der Waals surface area contributed by atoms with Crippen molar-refractivity contribution in [2.24, 2.45) is 0 Å². The molecule has 1 aromatic rings. The van der Waals surface area contributed by atoms with E-state index < -0.39 is 10.0 Å². The number of carbonyl (C=O) groups is 1. The van der Waals surface area contributed by atoms with Crippen molar-refractivity contribution in [2.75, 3.05) is 25.9 Å². The highest BCUT2D eigenvalue weighted by Gasteiger charge is 2.09. The van der Waals surface area contributed by atoms with Crippen LogP contribution in [0.1, 0.15) is 12.5 Å². The van der Waals surface area contributed by atoms with Gasteiger partial charge in [-0.25, -0.2) is 17.5 Å². The van der Waals surface area contributed by atoms with E-state index in [2.05, 4.69) is 4.72 Å². The smallest absolute Gasteiger partial charge is 0.219 e. The van der Waals surface area contributed by atoms with Crippen LogP contribution in [0, 0.1) is 5.82 Å². The Balaban J connectivity index is 2.47. The van der Waals surface area contributed by atoms with Crippen molar-refractivity contribution in [1.29, 1.82) is 0 Å². The van der Waals surface area contributed by atoms with E-state index in [0.717, 1.165) is 11.8 Å². The second kappa shape index (κ2) is 7.35. The number of benzene rings is 1. The average molecular weight is 302 g/mol. The van der Waals surface area contributed by atoms with Crippen molar-refractivity contribution in [3.05, 3.63) is 35.6 Å².